The Morgan fingerprint density at radius 2 is 1.65 bits per heavy atom. The van der Waals surface area contributed by atoms with E-state index in [1.54, 1.807) is 6.20 Å². The molecule has 3 aromatic carbocycles. The van der Waals surface area contributed by atoms with Gasteiger partial charge in [0.2, 0.25) is 5.95 Å². The number of aromatic nitrogens is 2. The Labute approximate surface area is 219 Å². The van der Waals surface area contributed by atoms with E-state index in [2.05, 4.69) is 20.6 Å². The van der Waals surface area contributed by atoms with Crippen molar-refractivity contribution in [3.63, 3.8) is 0 Å². The summed E-state index contributed by atoms with van der Waals surface area (Å²) in [6.07, 6.45) is 4.68. The number of rotatable bonds is 10. The summed E-state index contributed by atoms with van der Waals surface area (Å²) < 4.78 is 12.7. The highest BCUT2D eigenvalue weighted by molar-refractivity contribution is 7.63. The van der Waals surface area contributed by atoms with Crippen molar-refractivity contribution in [1.82, 2.24) is 9.97 Å². The van der Waals surface area contributed by atoms with Crippen LogP contribution in [0, 0.1) is 6.92 Å². The monoisotopic (exact) mass is 512 g/mol. The van der Waals surface area contributed by atoms with E-state index in [4.69, 9.17) is 0 Å². The molecule has 0 fully saturated rings. The van der Waals surface area contributed by atoms with Crippen LogP contribution in [0.5, 0.6) is 0 Å². The minimum atomic E-state index is -2.07. The lowest BCUT2D eigenvalue weighted by Crippen LogP contribution is -2.12. The summed E-state index contributed by atoms with van der Waals surface area (Å²) in [4.78, 5) is 21.9. The van der Waals surface area contributed by atoms with Crippen molar-refractivity contribution in [1.29, 1.82) is 0 Å². The van der Waals surface area contributed by atoms with E-state index in [0.29, 0.717) is 23.4 Å². The van der Waals surface area contributed by atoms with E-state index in [1.165, 1.54) is 0 Å². The SMILES string of the molecule is CCP(=O)(CC)CCc1ccc(C(=O)Nc2ccc(C)c(Nc3nccc(-c4ccccc4)n3)c2)cc1. The number of nitrogens with one attached hydrogen (secondary N) is 2. The molecule has 7 heteroatoms. The standard InChI is InChI=1S/C30H33N4O2P/c1-4-37(36,5-2)20-18-23-12-14-25(15-13-23)29(35)32-26-16-11-22(3)28(21-26)34-30-31-19-17-27(33-30)24-9-7-6-8-10-24/h6-17,19,21H,4-5,18,20H2,1-3H3,(H,32,35)(H,31,33,34). The third-order valence-electron chi connectivity index (χ3n) is 6.64. The molecular formula is C30H33N4O2P. The van der Waals surface area contributed by atoms with Crippen LogP contribution >= 0.6 is 7.14 Å². The first-order valence-corrected chi connectivity index (χ1v) is 14.9. The zero-order valence-electron chi connectivity index (χ0n) is 21.6. The number of benzene rings is 3. The highest BCUT2D eigenvalue weighted by atomic mass is 31.2. The molecule has 0 atom stereocenters. The van der Waals surface area contributed by atoms with Crippen molar-refractivity contribution in [2.24, 2.45) is 0 Å². The molecule has 37 heavy (non-hydrogen) atoms. The summed E-state index contributed by atoms with van der Waals surface area (Å²) in [5.74, 6) is 0.302. The summed E-state index contributed by atoms with van der Waals surface area (Å²) in [5.41, 5.74) is 6.01. The molecule has 0 aliphatic rings. The number of hydrogen-bond acceptors (Lipinski definition) is 5. The average molecular weight is 513 g/mol. The maximum absolute atomic E-state index is 12.9. The number of carbonyl (C=O) groups excluding carboxylic acids is 1. The van der Waals surface area contributed by atoms with Crippen molar-refractivity contribution in [3.05, 3.63) is 102 Å². The molecule has 0 spiro atoms. The van der Waals surface area contributed by atoms with Crippen LogP contribution in [0.25, 0.3) is 11.3 Å². The van der Waals surface area contributed by atoms with Crippen LogP contribution in [0.15, 0.2) is 85.1 Å². The molecule has 2 N–H and O–H groups in total. The summed E-state index contributed by atoms with van der Waals surface area (Å²) in [6, 6.07) is 25.1. The summed E-state index contributed by atoms with van der Waals surface area (Å²) in [7, 11) is -2.07. The van der Waals surface area contributed by atoms with Crippen LogP contribution < -0.4 is 10.6 Å². The smallest absolute Gasteiger partial charge is 0.255 e. The minimum absolute atomic E-state index is 0.184. The van der Waals surface area contributed by atoms with E-state index in [9.17, 15) is 9.36 Å². The fourth-order valence-corrected chi connectivity index (χ4v) is 5.79. The van der Waals surface area contributed by atoms with Gasteiger partial charge in [0.1, 0.15) is 0 Å². The maximum atomic E-state index is 12.9. The van der Waals surface area contributed by atoms with Gasteiger partial charge in [-0.1, -0.05) is 62.4 Å². The second kappa shape index (κ2) is 12.0. The predicted octanol–water partition coefficient (Wildman–Crippen LogP) is 7.39. The molecule has 190 valence electrons. The van der Waals surface area contributed by atoms with Gasteiger partial charge >= 0.3 is 0 Å². The Bertz CT molecular complexity index is 1400. The van der Waals surface area contributed by atoms with E-state index in [1.807, 2.05) is 99.6 Å². The van der Waals surface area contributed by atoms with Gasteiger partial charge in [0.05, 0.1) is 12.8 Å². The first-order valence-electron chi connectivity index (χ1n) is 12.6. The number of aryl methyl sites for hydroxylation is 2. The highest BCUT2D eigenvalue weighted by Gasteiger charge is 2.16. The summed E-state index contributed by atoms with van der Waals surface area (Å²) in [6.45, 7) is 5.99. The molecule has 1 amide bonds. The molecule has 0 bridgehead atoms. The Morgan fingerprint density at radius 1 is 0.919 bits per heavy atom. The fraction of sp³-hybridized carbons (Fsp3) is 0.233. The first-order chi connectivity index (χ1) is 17.9. The van der Waals surface area contributed by atoms with Crippen LogP contribution in [0.4, 0.5) is 17.3 Å². The van der Waals surface area contributed by atoms with Crippen LogP contribution in [0.1, 0.15) is 35.3 Å². The van der Waals surface area contributed by atoms with Gasteiger partial charge in [0.15, 0.2) is 0 Å². The Kier molecular flexibility index (Phi) is 8.52. The number of amides is 1. The number of hydrogen-bond donors (Lipinski definition) is 2. The van der Waals surface area contributed by atoms with Gasteiger partial charge in [-0.3, -0.25) is 4.79 Å². The average Bonchev–Trinajstić information content (AvgIpc) is 2.94. The first kappa shape index (κ1) is 26.3. The quantitative estimate of drug-likeness (QED) is 0.216. The molecule has 6 nitrogen and oxygen atoms in total. The van der Waals surface area contributed by atoms with Gasteiger partial charge in [-0.2, -0.15) is 0 Å². The second-order valence-corrected chi connectivity index (χ2v) is 12.9. The molecule has 0 unspecified atom stereocenters. The Balaban J connectivity index is 1.43. The Hall–Kier alpha value is -3.76. The Morgan fingerprint density at radius 3 is 2.35 bits per heavy atom. The van der Waals surface area contributed by atoms with Crippen molar-refractivity contribution in [2.45, 2.75) is 27.2 Å². The lowest BCUT2D eigenvalue weighted by Gasteiger charge is -2.14. The second-order valence-electron chi connectivity index (χ2n) is 9.10. The zero-order chi connectivity index (χ0) is 26.3. The third-order valence-corrected chi connectivity index (χ3v) is 9.99. The van der Waals surface area contributed by atoms with Gasteiger partial charge < -0.3 is 15.2 Å². The van der Waals surface area contributed by atoms with E-state index >= 15 is 0 Å². The summed E-state index contributed by atoms with van der Waals surface area (Å²) in [5, 5.41) is 6.26. The van der Waals surface area contributed by atoms with Crippen molar-refractivity contribution in [2.75, 3.05) is 29.1 Å². The fourth-order valence-electron chi connectivity index (χ4n) is 4.04. The molecule has 0 aliphatic heterocycles. The van der Waals surface area contributed by atoms with Crippen LogP contribution in [-0.2, 0) is 11.0 Å². The van der Waals surface area contributed by atoms with Crippen LogP contribution in [-0.4, -0.2) is 34.4 Å². The van der Waals surface area contributed by atoms with Crippen molar-refractivity contribution >= 4 is 30.4 Å². The molecule has 0 saturated heterocycles. The van der Waals surface area contributed by atoms with Gasteiger partial charge in [0, 0.05) is 34.9 Å². The predicted molar refractivity (Wildman–Crippen MR) is 154 cm³/mol. The van der Waals surface area contributed by atoms with Crippen LogP contribution in [0.3, 0.4) is 0 Å². The van der Waals surface area contributed by atoms with Gasteiger partial charge in [0.25, 0.3) is 5.91 Å². The topological polar surface area (TPSA) is 84.0 Å². The molecule has 0 aliphatic carbocycles. The number of carbonyl (C=O) groups is 1. The molecule has 4 rings (SSSR count). The molecule has 0 radical (unpaired) electrons. The largest absolute Gasteiger partial charge is 0.324 e. The molecule has 1 heterocycles. The van der Waals surface area contributed by atoms with E-state index < -0.39 is 7.14 Å². The third kappa shape index (κ3) is 6.93. The van der Waals surface area contributed by atoms with Crippen molar-refractivity contribution < 1.29 is 9.36 Å². The van der Waals surface area contributed by atoms with Crippen molar-refractivity contribution in [3.8, 4) is 11.3 Å². The molecule has 4 aromatic rings. The summed E-state index contributed by atoms with van der Waals surface area (Å²) >= 11 is 0. The van der Waals surface area contributed by atoms with Gasteiger partial charge in [-0.25, -0.2) is 9.97 Å². The highest BCUT2D eigenvalue weighted by Crippen LogP contribution is 2.44. The van der Waals surface area contributed by atoms with E-state index in [0.717, 1.165) is 46.8 Å². The molecular weight excluding hydrogens is 479 g/mol. The number of nitrogens with zero attached hydrogens (tertiary/aromatic N) is 2. The van der Waals surface area contributed by atoms with E-state index in [-0.39, 0.29) is 5.91 Å². The van der Waals surface area contributed by atoms with Crippen LogP contribution in [0.2, 0.25) is 0 Å². The molecule has 0 saturated carbocycles. The normalized spacial score (nSPS) is 11.2. The zero-order valence-corrected chi connectivity index (χ0v) is 22.5. The minimum Gasteiger partial charge on any atom is -0.324 e. The number of anilines is 3. The van der Waals surface area contributed by atoms with Gasteiger partial charge in [-0.05, 0) is 67.1 Å². The lowest BCUT2D eigenvalue weighted by atomic mass is 10.1. The molecule has 1 aromatic heterocycles. The maximum Gasteiger partial charge on any atom is 0.255 e. The van der Waals surface area contributed by atoms with Gasteiger partial charge in [-0.15, -0.1) is 0 Å². The lowest BCUT2D eigenvalue weighted by molar-refractivity contribution is 0.102.